The van der Waals surface area contributed by atoms with Crippen molar-refractivity contribution in [1.82, 2.24) is 20.0 Å². The van der Waals surface area contributed by atoms with E-state index in [4.69, 9.17) is 5.73 Å². The van der Waals surface area contributed by atoms with E-state index in [1.54, 1.807) is 4.68 Å². The first-order valence-electron chi connectivity index (χ1n) is 5.43. The summed E-state index contributed by atoms with van der Waals surface area (Å²) >= 11 is 1.51. The minimum absolute atomic E-state index is 0.755. The molecule has 0 spiro atoms. The largest absolute Gasteiger partial charge is 0.399 e. The summed E-state index contributed by atoms with van der Waals surface area (Å²) in [6.07, 6.45) is 3.74. The van der Waals surface area contributed by atoms with Gasteiger partial charge < -0.3 is 5.73 Å². The van der Waals surface area contributed by atoms with Gasteiger partial charge in [0.1, 0.15) is 5.01 Å². The Morgan fingerprint density at radius 3 is 2.56 bits per heavy atom. The van der Waals surface area contributed by atoms with Crippen molar-refractivity contribution in [3.63, 3.8) is 0 Å². The van der Waals surface area contributed by atoms with E-state index in [0.29, 0.717) is 0 Å². The van der Waals surface area contributed by atoms with Crippen molar-refractivity contribution < 1.29 is 0 Å². The van der Waals surface area contributed by atoms with E-state index < -0.39 is 0 Å². The van der Waals surface area contributed by atoms with Crippen LogP contribution in [0.25, 0.3) is 16.3 Å². The molecular weight excluding hydrogens is 246 g/mol. The van der Waals surface area contributed by atoms with E-state index >= 15 is 0 Å². The molecule has 0 amide bonds. The first-order valence-corrected chi connectivity index (χ1v) is 6.25. The van der Waals surface area contributed by atoms with Crippen molar-refractivity contribution in [2.24, 2.45) is 0 Å². The molecule has 2 aromatic heterocycles. The zero-order valence-corrected chi connectivity index (χ0v) is 10.6. The highest BCUT2D eigenvalue weighted by Crippen LogP contribution is 2.22. The van der Waals surface area contributed by atoms with Gasteiger partial charge in [-0.3, -0.25) is 0 Å². The van der Waals surface area contributed by atoms with E-state index in [2.05, 4.69) is 15.3 Å². The van der Waals surface area contributed by atoms with Crippen molar-refractivity contribution in [3.05, 3.63) is 41.7 Å². The van der Waals surface area contributed by atoms with E-state index in [-0.39, 0.29) is 0 Å². The van der Waals surface area contributed by atoms with Crippen LogP contribution in [0.2, 0.25) is 0 Å². The van der Waals surface area contributed by atoms with Gasteiger partial charge in [-0.05, 0) is 24.6 Å². The maximum Gasteiger partial charge on any atom is 0.232 e. The number of nitrogens with two attached hydrogens (primary N) is 1. The molecule has 6 heteroatoms. The lowest BCUT2D eigenvalue weighted by Crippen LogP contribution is -1.92. The van der Waals surface area contributed by atoms with Crippen molar-refractivity contribution >= 4 is 17.0 Å². The fourth-order valence-corrected chi connectivity index (χ4v) is 2.25. The fourth-order valence-electron chi connectivity index (χ4n) is 1.63. The Balaban J connectivity index is 1.96. The molecule has 0 aliphatic rings. The SMILES string of the molecule is Cc1nnc(-n2cc(-c3ccc(N)cc3)cn2)s1. The Labute approximate surface area is 108 Å². The summed E-state index contributed by atoms with van der Waals surface area (Å²) in [6, 6.07) is 7.70. The third kappa shape index (κ3) is 1.98. The lowest BCUT2D eigenvalue weighted by molar-refractivity contribution is 0.844. The van der Waals surface area contributed by atoms with Crippen LogP contribution in [-0.4, -0.2) is 20.0 Å². The number of hydrogen-bond acceptors (Lipinski definition) is 5. The molecule has 1 aromatic carbocycles. The number of aryl methyl sites for hydroxylation is 1. The Morgan fingerprint density at radius 2 is 1.89 bits per heavy atom. The van der Waals surface area contributed by atoms with Crippen LogP contribution < -0.4 is 5.73 Å². The van der Waals surface area contributed by atoms with E-state index in [0.717, 1.165) is 27.0 Å². The van der Waals surface area contributed by atoms with Gasteiger partial charge in [-0.1, -0.05) is 23.5 Å². The Morgan fingerprint density at radius 1 is 1.11 bits per heavy atom. The zero-order chi connectivity index (χ0) is 12.5. The smallest absolute Gasteiger partial charge is 0.232 e. The third-order valence-corrected chi connectivity index (χ3v) is 3.37. The standard InChI is InChI=1S/C12H11N5S/c1-8-15-16-12(18-8)17-7-10(6-14-17)9-2-4-11(13)5-3-9/h2-7H,13H2,1H3. The molecule has 0 atom stereocenters. The Bertz CT molecular complexity index is 668. The molecule has 0 saturated carbocycles. The second-order valence-corrected chi connectivity index (χ2v) is 5.06. The van der Waals surface area contributed by atoms with Gasteiger partial charge >= 0.3 is 0 Å². The van der Waals surface area contributed by atoms with Gasteiger partial charge in [-0.2, -0.15) is 5.10 Å². The maximum absolute atomic E-state index is 5.67. The van der Waals surface area contributed by atoms with Crippen LogP contribution in [0.3, 0.4) is 0 Å². The van der Waals surface area contributed by atoms with Gasteiger partial charge in [0, 0.05) is 17.4 Å². The van der Waals surface area contributed by atoms with Crippen LogP contribution in [0.4, 0.5) is 5.69 Å². The molecule has 0 fully saturated rings. The third-order valence-electron chi connectivity index (χ3n) is 2.54. The lowest BCUT2D eigenvalue weighted by Gasteiger charge is -1.97. The zero-order valence-electron chi connectivity index (χ0n) is 9.74. The molecule has 0 aliphatic carbocycles. The number of rotatable bonds is 2. The number of anilines is 1. The average molecular weight is 257 g/mol. The highest BCUT2D eigenvalue weighted by atomic mass is 32.1. The Hall–Kier alpha value is -2.21. The van der Waals surface area contributed by atoms with Crippen LogP contribution >= 0.6 is 11.3 Å². The molecule has 5 nitrogen and oxygen atoms in total. The lowest BCUT2D eigenvalue weighted by atomic mass is 10.1. The summed E-state index contributed by atoms with van der Waals surface area (Å²) < 4.78 is 1.73. The van der Waals surface area contributed by atoms with Crippen LogP contribution in [-0.2, 0) is 0 Å². The van der Waals surface area contributed by atoms with Gasteiger partial charge in [-0.15, -0.1) is 10.2 Å². The van der Waals surface area contributed by atoms with Crippen LogP contribution in [0.1, 0.15) is 5.01 Å². The molecule has 18 heavy (non-hydrogen) atoms. The molecule has 0 unspecified atom stereocenters. The molecular formula is C12H11N5S. The summed E-state index contributed by atoms with van der Waals surface area (Å²) in [5, 5.41) is 14.0. The molecule has 0 saturated heterocycles. The first kappa shape index (κ1) is 10.9. The number of aromatic nitrogens is 4. The highest BCUT2D eigenvalue weighted by Gasteiger charge is 2.06. The number of nitrogens with zero attached hydrogens (tertiary/aromatic N) is 4. The van der Waals surface area contributed by atoms with Crippen LogP contribution in [0.5, 0.6) is 0 Å². The molecule has 2 heterocycles. The summed E-state index contributed by atoms with van der Waals surface area (Å²) in [4.78, 5) is 0. The predicted molar refractivity (Wildman–Crippen MR) is 71.6 cm³/mol. The topological polar surface area (TPSA) is 69.6 Å². The molecule has 0 aliphatic heterocycles. The molecule has 90 valence electrons. The van der Waals surface area contributed by atoms with Gasteiger partial charge in [0.05, 0.1) is 6.20 Å². The van der Waals surface area contributed by atoms with Gasteiger partial charge in [-0.25, -0.2) is 4.68 Å². The molecule has 2 N–H and O–H groups in total. The van der Waals surface area contributed by atoms with Crippen molar-refractivity contribution in [1.29, 1.82) is 0 Å². The van der Waals surface area contributed by atoms with Crippen molar-refractivity contribution in [2.45, 2.75) is 6.92 Å². The molecule has 0 bridgehead atoms. The number of benzene rings is 1. The quantitative estimate of drug-likeness (QED) is 0.715. The van der Waals surface area contributed by atoms with E-state index in [9.17, 15) is 0 Å². The van der Waals surface area contributed by atoms with Crippen LogP contribution in [0.15, 0.2) is 36.7 Å². The van der Waals surface area contributed by atoms with Gasteiger partial charge in [0.25, 0.3) is 0 Å². The van der Waals surface area contributed by atoms with Crippen molar-refractivity contribution in [3.8, 4) is 16.3 Å². The highest BCUT2D eigenvalue weighted by molar-refractivity contribution is 7.13. The molecule has 3 rings (SSSR count). The van der Waals surface area contributed by atoms with E-state index in [1.165, 1.54) is 11.3 Å². The normalized spacial score (nSPS) is 10.7. The average Bonchev–Trinajstić information content (AvgIpc) is 2.98. The summed E-state index contributed by atoms with van der Waals surface area (Å²) in [5.74, 6) is 0. The van der Waals surface area contributed by atoms with Gasteiger partial charge in [0.2, 0.25) is 5.13 Å². The van der Waals surface area contributed by atoms with Gasteiger partial charge in [0.15, 0.2) is 0 Å². The van der Waals surface area contributed by atoms with Crippen LogP contribution in [0, 0.1) is 6.92 Å². The van der Waals surface area contributed by atoms with Crippen molar-refractivity contribution in [2.75, 3.05) is 5.73 Å². The second kappa shape index (κ2) is 4.23. The van der Waals surface area contributed by atoms with E-state index in [1.807, 2.05) is 43.6 Å². The number of nitrogen functional groups attached to an aromatic ring is 1. The first-order chi connectivity index (χ1) is 8.72. The summed E-state index contributed by atoms with van der Waals surface area (Å²) in [5.41, 5.74) is 8.53. The summed E-state index contributed by atoms with van der Waals surface area (Å²) in [7, 11) is 0. The minimum atomic E-state index is 0.755. The second-order valence-electron chi connectivity index (χ2n) is 3.90. The molecule has 3 aromatic rings. The fraction of sp³-hybridized carbons (Fsp3) is 0.0833. The number of hydrogen-bond donors (Lipinski definition) is 1. The molecule has 0 radical (unpaired) electrons. The monoisotopic (exact) mass is 257 g/mol. The Kier molecular flexibility index (Phi) is 2.56. The summed E-state index contributed by atoms with van der Waals surface area (Å²) in [6.45, 7) is 1.92. The maximum atomic E-state index is 5.67. The minimum Gasteiger partial charge on any atom is -0.399 e. The predicted octanol–water partition coefficient (Wildman–Crippen LogP) is 2.28.